The first-order valence-corrected chi connectivity index (χ1v) is 11.9. The highest BCUT2D eigenvalue weighted by molar-refractivity contribution is 5.68. The summed E-state index contributed by atoms with van der Waals surface area (Å²) >= 11 is 0. The molecule has 0 unspecified atom stereocenters. The maximum absolute atomic E-state index is 13.9. The minimum absolute atomic E-state index is 0.00450. The zero-order chi connectivity index (χ0) is 23.9. The van der Waals surface area contributed by atoms with Crippen molar-refractivity contribution >= 4 is 5.97 Å². The SMILES string of the molecule is O=C(O)C[C@@H]1COc2cc(O[C@@H]3CCc4c3ccc(C(F)(F)F)c4CN3CCCCC3)ccc21. The van der Waals surface area contributed by atoms with Gasteiger partial charge in [-0.25, -0.2) is 0 Å². The number of likely N-dealkylation sites (tertiary alicyclic amines) is 1. The van der Waals surface area contributed by atoms with Gasteiger partial charge in [-0.15, -0.1) is 0 Å². The van der Waals surface area contributed by atoms with E-state index in [-0.39, 0.29) is 18.4 Å². The van der Waals surface area contributed by atoms with Crippen molar-refractivity contribution in [1.29, 1.82) is 0 Å². The van der Waals surface area contributed by atoms with Crippen molar-refractivity contribution in [1.82, 2.24) is 4.90 Å². The third-order valence-corrected chi connectivity index (χ3v) is 7.17. The number of aliphatic carboxylic acids is 1. The van der Waals surface area contributed by atoms with Crippen molar-refractivity contribution in [3.05, 3.63) is 58.1 Å². The molecule has 0 radical (unpaired) electrons. The summed E-state index contributed by atoms with van der Waals surface area (Å²) in [5.41, 5.74) is 2.30. The Labute approximate surface area is 196 Å². The zero-order valence-electron chi connectivity index (χ0n) is 18.9. The molecule has 2 atom stereocenters. The number of halogens is 3. The molecule has 1 aliphatic carbocycles. The molecule has 3 aliphatic rings. The van der Waals surface area contributed by atoms with E-state index in [4.69, 9.17) is 14.6 Å². The minimum atomic E-state index is -4.39. The van der Waals surface area contributed by atoms with Crippen molar-refractivity contribution in [3.63, 3.8) is 0 Å². The number of piperidine rings is 1. The Morgan fingerprint density at radius 3 is 2.62 bits per heavy atom. The molecular weight excluding hydrogens is 447 g/mol. The smallest absolute Gasteiger partial charge is 0.416 e. The van der Waals surface area contributed by atoms with Crippen molar-refractivity contribution in [2.24, 2.45) is 0 Å². The van der Waals surface area contributed by atoms with Crippen molar-refractivity contribution in [2.45, 2.75) is 63.3 Å². The molecule has 0 spiro atoms. The highest BCUT2D eigenvalue weighted by Crippen LogP contribution is 2.44. The highest BCUT2D eigenvalue weighted by Gasteiger charge is 2.38. The maximum Gasteiger partial charge on any atom is 0.416 e. The van der Waals surface area contributed by atoms with Crippen molar-refractivity contribution in [3.8, 4) is 11.5 Å². The second kappa shape index (κ2) is 9.13. The van der Waals surface area contributed by atoms with Crippen LogP contribution in [0.2, 0.25) is 0 Å². The second-order valence-corrected chi connectivity index (χ2v) is 9.44. The van der Waals surface area contributed by atoms with Crippen molar-refractivity contribution < 1.29 is 32.5 Å². The summed E-state index contributed by atoms with van der Waals surface area (Å²) in [7, 11) is 0. The van der Waals surface area contributed by atoms with Gasteiger partial charge in [0.15, 0.2) is 0 Å². The lowest BCUT2D eigenvalue weighted by Gasteiger charge is -2.29. The molecule has 0 saturated carbocycles. The molecule has 8 heteroatoms. The van der Waals surface area contributed by atoms with Crippen molar-refractivity contribution in [2.75, 3.05) is 19.7 Å². The van der Waals surface area contributed by atoms with Crippen LogP contribution in [0.5, 0.6) is 11.5 Å². The van der Waals surface area contributed by atoms with Crippen LogP contribution < -0.4 is 9.47 Å². The first-order chi connectivity index (χ1) is 16.3. The molecule has 2 heterocycles. The molecule has 182 valence electrons. The molecule has 1 fully saturated rings. The summed E-state index contributed by atoms with van der Waals surface area (Å²) in [4.78, 5) is 13.2. The number of fused-ring (bicyclic) bond motifs is 2. The molecular formula is C26H28F3NO4. The number of alkyl halides is 3. The van der Waals surface area contributed by atoms with Crippen LogP contribution >= 0.6 is 0 Å². The minimum Gasteiger partial charge on any atom is -0.492 e. The Kier molecular flexibility index (Phi) is 6.18. The van der Waals surface area contributed by atoms with Crippen LogP contribution in [-0.4, -0.2) is 35.7 Å². The van der Waals surface area contributed by atoms with E-state index in [2.05, 4.69) is 4.90 Å². The van der Waals surface area contributed by atoms with E-state index >= 15 is 0 Å². The number of carboxylic acid groups (broad SMARTS) is 1. The quantitative estimate of drug-likeness (QED) is 0.580. The predicted octanol–water partition coefficient (Wildman–Crippen LogP) is 5.71. The van der Waals surface area contributed by atoms with Crippen LogP contribution in [-0.2, 0) is 23.9 Å². The normalized spacial score (nSPS) is 22.2. The van der Waals surface area contributed by atoms with Gasteiger partial charge < -0.3 is 14.6 Å². The number of rotatable bonds is 6. The van der Waals surface area contributed by atoms with Gasteiger partial charge in [-0.1, -0.05) is 18.6 Å². The number of hydrogen-bond donors (Lipinski definition) is 1. The topological polar surface area (TPSA) is 59.0 Å². The van der Waals surface area contributed by atoms with E-state index in [9.17, 15) is 18.0 Å². The Bertz CT molecular complexity index is 1080. The van der Waals surface area contributed by atoms with Crippen LogP contribution in [0.3, 0.4) is 0 Å². The number of carboxylic acids is 1. The molecule has 2 aliphatic heterocycles. The van der Waals surface area contributed by atoms with E-state index in [0.717, 1.165) is 49.0 Å². The van der Waals surface area contributed by atoms with E-state index in [1.54, 1.807) is 18.2 Å². The molecule has 2 aromatic carbocycles. The number of carbonyl (C=O) groups is 1. The van der Waals surface area contributed by atoms with Crippen LogP contribution in [0.1, 0.15) is 71.9 Å². The summed E-state index contributed by atoms with van der Waals surface area (Å²) in [6.45, 7) is 2.30. The van der Waals surface area contributed by atoms with E-state index in [1.807, 2.05) is 6.07 Å². The Balaban J connectivity index is 1.39. The van der Waals surface area contributed by atoms with Gasteiger partial charge in [-0.2, -0.15) is 13.2 Å². The fourth-order valence-electron chi connectivity index (χ4n) is 5.52. The third kappa shape index (κ3) is 4.60. The lowest BCUT2D eigenvalue weighted by Crippen LogP contribution is -2.30. The average Bonchev–Trinajstić information content (AvgIpc) is 3.38. The molecule has 34 heavy (non-hydrogen) atoms. The second-order valence-electron chi connectivity index (χ2n) is 9.44. The van der Waals surface area contributed by atoms with Gasteiger partial charge in [-0.05, 0) is 67.6 Å². The Morgan fingerprint density at radius 1 is 1.12 bits per heavy atom. The molecule has 0 amide bonds. The molecule has 5 nitrogen and oxygen atoms in total. The summed E-state index contributed by atoms with van der Waals surface area (Å²) < 4.78 is 53.4. The third-order valence-electron chi connectivity index (χ3n) is 7.17. The summed E-state index contributed by atoms with van der Waals surface area (Å²) in [5, 5.41) is 9.08. The monoisotopic (exact) mass is 475 g/mol. The van der Waals surface area contributed by atoms with Gasteiger partial charge in [0, 0.05) is 24.1 Å². The van der Waals surface area contributed by atoms with Gasteiger partial charge in [0.2, 0.25) is 0 Å². The first kappa shape index (κ1) is 23.0. The molecule has 1 N–H and O–H groups in total. The number of hydrogen-bond acceptors (Lipinski definition) is 4. The maximum atomic E-state index is 13.9. The fraction of sp³-hybridized carbons (Fsp3) is 0.500. The molecule has 0 bridgehead atoms. The van der Waals surface area contributed by atoms with Gasteiger partial charge in [0.1, 0.15) is 17.6 Å². The number of benzene rings is 2. The zero-order valence-corrected chi connectivity index (χ0v) is 18.9. The van der Waals surface area contributed by atoms with Crippen LogP contribution in [0.25, 0.3) is 0 Å². The first-order valence-electron chi connectivity index (χ1n) is 11.9. The van der Waals surface area contributed by atoms with Gasteiger partial charge in [0.25, 0.3) is 0 Å². The largest absolute Gasteiger partial charge is 0.492 e. The molecule has 5 rings (SSSR count). The average molecular weight is 476 g/mol. The lowest BCUT2D eigenvalue weighted by molar-refractivity contribution is -0.139. The van der Waals surface area contributed by atoms with E-state index < -0.39 is 17.7 Å². The molecule has 1 saturated heterocycles. The lowest BCUT2D eigenvalue weighted by atomic mass is 9.95. The highest BCUT2D eigenvalue weighted by atomic mass is 19.4. The molecule has 0 aromatic heterocycles. The van der Waals surface area contributed by atoms with Crippen LogP contribution in [0.15, 0.2) is 30.3 Å². The van der Waals surface area contributed by atoms with Gasteiger partial charge in [0.05, 0.1) is 18.6 Å². The van der Waals surface area contributed by atoms with Gasteiger partial charge >= 0.3 is 12.1 Å². The Morgan fingerprint density at radius 2 is 1.88 bits per heavy atom. The van der Waals surface area contributed by atoms with Gasteiger partial charge in [-0.3, -0.25) is 9.69 Å². The summed E-state index contributed by atoms with van der Waals surface area (Å²) in [5.74, 6) is 0.125. The number of ether oxygens (including phenoxy) is 2. The Hall–Kier alpha value is -2.74. The van der Waals surface area contributed by atoms with E-state index in [0.29, 0.717) is 43.1 Å². The van der Waals surface area contributed by atoms with E-state index in [1.165, 1.54) is 6.07 Å². The number of nitrogens with zero attached hydrogens (tertiary/aromatic N) is 1. The predicted molar refractivity (Wildman–Crippen MR) is 119 cm³/mol. The van der Waals surface area contributed by atoms with Crippen LogP contribution in [0, 0.1) is 0 Å². The molecule has 2 aromatic rings. The summed E-state index contributed by atoms with van der Waals surface area (Å²) in [6.07, 6.45) is -0.364. The summed E-state index contributed by atoms with van der Waals surface area (Å²) in [6, 6.07) is 8.16. The fourth-order valence-corrected chi connectivity index (χ4v) is 5.52. The van der Waals surface area contributed by atoms with Crippen LogP contribution in [0.4, 0.5) is 13.2 Å². The standard InChI is InChI=1S/C26H28F3NO4/c27-26(28,29)22-8-6-20-19(21(22)14-30-10-2-1-3-11-30)7-9-23(20)34-17-4-5-18-16(12-25(31)32)15-33-24(18)13-17/h4-6,8,13,16,23H,1-3,7,9-12,14-15H2,(H,31,32)/t16-,23-/m1/s1.